The molecule has 5 rings (SSSR count). The molecule has 1 amide bonds. The van der Waals surface area contributed by atoms with E-state index in [-0.39, 0.29) is 17.3 Å². The van der Waals surface area contributed by atoms with Gasteiger partial charge in [0, 0.05) is 23.7 Å². The Balaban J connectivity index is 0.000000644. The van der Waals surface area contributed by atoms with Crippen LogP contribution >= 0.6 is 34.8 Å². The van der Waals surface area contributed by atoms with Gasteiger partial charge in [0.25, 0.3) is 5.91 Å². The average Bonchev–Trinajstić information content (AvgIpc) is 3.65. The molecule has 0 atom stereocenters. The first-order valence-electron chi connectivity index (χ1n) is 14.2. The van der Waals surface area contributed by atoms with Crippen molar-refractivity contribution in [1.29, 1.82) is 0 Å². The highest BCUT2D eigenvalue weighted by Crippen LogP contribution is 2.26. The Hall–Kier alpha value is -3.40. The molecular formula is C30H29Cl3F3N5O5S. The number of aromatic nitrogens is 2. The van der Waals surface area contributed by atoms with Crippen molar-refractivity contribution in [3.05, 3.63) is 86.9 Å². The summed E-state index contributed by atoms with van der Waals surface area (Å²) in [7, 11) is -3.86. The van der Waals surface area contributed by atoms with Gasteiger partial charge in [-0.25, -0.2) is 22.9 Å². The van der Waals surface area contributed by atoms with Gasteiger partial charge in [0.2, 0.25) is 16.0 Å². The number of carbonyl (C=O) groups is 2. The number of carbonyl (C=O) groups excluding carboxylic acids is 1. The SMILES string of the molecule is O=C(Nc1nc2cc(S(=O)(=O)NCc3ccc(Cl)c(Cl)c3)ccc2n1CCCN1CCCC1)c1ccc(Cl)cc1.O=C(O)C(F)(F)F. The van der Waals surface area contributed by atoms with Gasteiger partial charge < -0.3 is 14.6 Å². The smallest absolute Gasteiger partial charge is 0.475 e. The highest BCUT2D eigenvalue weighted by atomic mass is 35.5. The first-order chi connectivity index (χ1) is 22.1. The highest BCUT2D eigenvalue weighted by molar-refractivity contribution is 7.89. The lowest BCUT2D eigenvalue weighted by Crippen LogP contribution is -2.23. The number of likely N-dealkylation sites (tertiary alicyclic amines) is 1. The van der Waals surface area contributed by atoms with Crippen molar-refractivity contribution in [1.82, 2.24) is 19.2 Å². The molecule has 4 aromatic rings. The quantitative estimate of drug-likeness (QED) is 0.162. The first-order valence-corrected chi connectivity index (χ1v) is 16.8. The maximum Gasteiger partial charge on any atom is 0.490 e. The van der Waals surface area contributed by atoms with Crippen LogP contribution < -0.4 is 10.0 Å². The minimum atomic E-state index is -5.08. The molecule has 3 N–H and O–H groups in total. The predicted molar refractivity (Wildman–Crippen MR) is 174 cm³/mol. The normalized spacial score (nSPS) is 13.7. The van der Waals surface area contributed by atoms with Crippen molar-refractivity contribution >= 4 is 73.7 Å². The summed E-state index contributed by atoms with van der Waals surface area (Å²) in [4.78, 5) is 29.0. The van der Waals surface area contributed by atoms with Gasteiger partial charge in [-0.1, -0.05) is 40.9 Å². The van der Waals surface area contributed by atoms with Gasteiger partial charge in [-0.3, -0.25) is 10.1 Å². The molecule has 47 heavy (non-hydrogen) atoms. The van der Waals surface area contributed by atoms with Gasteiger partial charge in [-0.2, -0.15) is 13.2 Å². The van der Waals surface area contributed by atoms with E-state index in [2.05, 4.69) is 19.9 Å². The predicted octanol–water partition coefficient (Wildman–Crippen LogP) is 6.85. The number of imidazole rings is 1. The fraction of sp³-hybridized carbons (Fsp3) is 0.300. The standard InChI is InChI=1S/C28H28Cl3N5O3S.C2HF3O2/c29-21-7-5-20(6-8-21)27(37)34-28-33-25-17-22(40(38,39)32-18-19-4-10-23(30)24(31)16-19)9-11-26(25)36(28)15-3-14-35-12-1-2-13-35;3-2(4,5)1(6)7/h4-11,16-17,32H,1-3,12-15,18H2,(H,33,34,37);(H,6,7). The van der Waals surface area contributed by atoms with Gasteiger partial charge >= 0.3 is 12.1 Å². The second-order valence-corrected chi connectivity index (χ2v) is 13.5. The zero-order valence-electron chi connectivity index (χ0n) is 24.5. The molecule has 0 spiro atoms. The molecule has 0 radical (unpaired) electrons. The molecule has 0 unspecified atom stereocenters. The summed E-state index contributed by atoms with van der Waals surface area (Å²) in [6, 6.07) is 16.3. The average molecular weight is 735 g/mol. The summed E-state index contributed by atoms with van der Waals surface area (Å²) in [5.74, 6) is -2.73. The van der Waals surface area contributed by atoms with Crippen LogP contribution in [0.15, 0.2) is 65.6 Å². The maximum atomic E-state index is 13.1. The van der Waals surface area contributed by atoms with E-state index in [1.807, 2.05) is 4.57 Å². The van der Waals surface area contributed by atoms with E-state index >= 15 is 0 Å². The minimum Gasteiger partial charge on any atom is -0.475 e. The molecule has 1 saturated heterocycles. The molecule has 0 aliphatic carbocycles. The Morgan fingerprint density at radius 3 is 2.19 bits per heavy atom. The van der Waals surface area contributed by atoms with E-state index in [4.69, 9.17) is 44.7 Å². The Bertz CT molecular complexity index is 1850. The number of hydrogen-bond acceptors (Lipinski definition) is 6. The summed E-state index contributed by atoms with van der Waals surface area (Å²) in [6.07, 6.45) is -1.79. The third-order valence-electron chi connectivity index (χ3n) is 7.11. The second kappa shape index (κ2) is 15.7. The molecule has 10 nitrogen and oxygen atoms in total. The number of benzene rings is 3. The van der Waals surface area contributed by atoms with E-state index in [0.717, 1.165) is 31.6 Å². The molecule has 1 aromatic heterocycles. The third kappa shape index (κ3) is 10.0. The zero-order valence-corrected chi connectivity index (χ0v) is 27.6. The number of alkyl halides is 3. The number of aryl methyl sites for hydroxylation is 1. The van der Waals surface area contributed by atoms with Crippen LogP contribution in [-0.2, 0) is 27.9 Å². The maximum absolute atomic E-state index is 13.1. The van der Waals surface area contributed by atoms with Crippen molar-refractivity contribution in [2.75, 3.05) is 25.0 Å². The van der Waals surface area contributed by atoms with Gasteiger partial charge in [0.15, 0.2) is 0 Å². The Kier molecular flexibility index (Phi) is 12.1. The topological polar surface area (TPSA) is 134 Å². The molecule has 0 bridgehead atoms. The van der Waals surface area contributed by atoms with Gasteiger partial charge in [-0.15, -0.1) is 0 Å². The third-order valence-corrected chi connectivity index (χ3v) is 9.50. The number of amides is 1. The summed E-state index contributed by atoms with van der Waals surface area (Å²) in [5, 5.41) is 11.3. The van der Waals surface area contributed by atoms with Crippen LogP contribution in [0.25, 0.3) is 11.0 Å². The van der Waals surface area contributed by atoms with Crippen LogP contribution in [0.5, 0.6) is 0 Å². The molecule has 17 heteroatoms. The Morgan fingerprint density at radius 1 is 0.915 bits per heavy atom. The number of aliphatic carboxylic acids is 1. The number of hydrogen-bond donors (Lipinski definition) is 3. The van der Waals surface area contributed by atoms with Crippen molar-refractivity contribution in [2.45, 2.75) is 43.4 Å². The fourth-order valence-electron chi connectivity index (χ4n) is 4.74. The van der Waals surface area contributed by atoms with Crippen molar-refractivity contribution < 1.29 is 36.3 Å². The van der Waals surface area contributed by atoms with Crippen LogP contribution in [0.4, 0.5) is 19.1 Å². The highest BCUT2D eigenvalue weighted by Gasteiger charge is 2.38. The molecule has 252 valence electrons. The summed E-state index contributed by atoms with van der Waals surface area (Å²) in [6.45, 7) is 3.80. The zero-order chi connectivity index (χ0) is 34.4. The number of rotatable bonds is 10. The van der Waals surface area contributed by atoms with Gasteiger partial charge in [0.05, 0.1) is 26.0 Å². The minimum absolute atomic E-state index is 0.0462. The van der Waals surface area contributed by atoms with E-state index in [1.165, 1.54) is 18.9 Å². The molecule has 1 aliphatic heterocycles. The molecule has 1 aliphatic rings. The van der Waals surface area contributed by atoms with E-state index in [0.29, 0.717) is 44.2 Å². The van der Waals surface area contributed by atoms with E-state index < -0.39 is 22.2 Å². The fourth-order valence-corrected chi connectivity index (χ4v) is 6.23. The van der Waals surface area contributed by atoms with E-state index in [1.54, 1.807) is 54.6 Å². The van der Waals surface area contributed by atoms with Crippen molar-refractivity contribution in [2.24, 2.45) is 0 Å². The van der Waals surface area contributed by atoms with Crippen LogP contribution in [0, 0.1) is 0 Å². The number of halogens is 6. The summed E-state index contributed by atoms with van der Waals surface area (Å²) in [5.41, 5.74) is 2.31. The van der Waals surface area contributed by atoms with Crippen molar-refractivity contribution in [3.8, 4) is 0 Å². The molecular weight excluding hydrogens is 706 g/mol. The molecule has 0 saturated carbocycles. The molecule has 2 heterocycles. The number of anilines is 1. The van der Waals surface area contributed by atoms with Crippen LogP contribution in [0.2, 0.25) is 15.1 Å². The number of carboxylic acid groups (broad SMARTS) is 1. The lowest BCUT2D eigenvalue weighted by Gasteiger charge is -2.16. The summed E-state index contributed by atoms with van der Waals surface area (Å²) < 4.78 is 62.5. The first kappa shape index (κ1) is 36.4. The van der Waals surface area contributed by atoms with Crippen LogP contribution in [0.1, 0.15) is 35.2 Å². The number of nitrogens with zero attached hydrogens (tertiary/aromatic N) is 3. The van der Waals surface area contributed by atoms with Crippen LogP contribution in [-0.4, -0.2) is 65.7 Å². The van der Waals surface area contributed by atoms with E-state index in [9.17, 15) is 26.4 Å². The second-order valence-electron chi connectivity index (χ2n) is 10.5. The monoisotopic (exact) mass is 733 g/mol. The van der Waals surface area contributed by atoms with Crippen molar-refractivity contribution in [3.63, 3.8) is 0 Å². The molecule has 1 fully saturated rings. The lowest BCUT2D eigenvalue weighted by molar-refractivity contribution is -0.192. The number of fused-ring (bicyclic) bond motifs is 1. The number of nitrogens with one attached hydrogen (secondary N) is 2. The Morgan fingerprint density at radius 2 is 1.57 bits per heavy atom. The largest absolute Gasteiger partial charge is 0.490 e. The summed E-state index contributed by atoms with van der Waals surface area (Å²) >= 11 is 18.0. The van der Waals surface area contributed by atoms with Gasteiger partial charge in [0.1, 0.15) is 0 Å². The van der Waals surface area contributed by atoms with Gasteiger partial charge in [-0.05, 0) is 99.1 Å². The lowest BCUT2D eigenvalue weighted by atomic mass is 10.2. The van der Waals surface area contributed by atoms with Crippen LogP contribution in [0.3, 0.4) is 0 Å². The molecule has 3 aromatic carbocycles. The Labute approximate surface area is 283 Å². The number of carboxylic acids is 1. The number of sulfonamides is 1.